The fraction of sp³-hybridized carbons (Fsp3) is 0.750. The second-order valence-electron chi connectivity index (χ2n) is 8.35. The van der Waals surface area contributed by atoms with E-state index in [1.165, 1.54) is 6.42 Å². The second kappa shape index (κ2) is 7.72. The van der Waals surface area contributed by atoms with Gasteiger partial charge in [-0.1, -0.05) is 0 Å². The van der Waals surface area contributed by atoms with E-state index in [-0.39, 0.29) is 11.9 Å². The quantitative estimate of drug-likeness (QED) is 0.860. The zero-order valence-corrected chi connectivity index (χ0v) is 16.5. The van der Waals surface area contributed by atoms with Crippen molar-refractivity contribution < 1.29 is 9.53 Å². The first kappa shape index (κ1) is 18.6. The van der Waals surface area contributed by atoms with Gasteiger partial charge in [-0.15, -0.1) is 0 Å². The molecule has 0 radical (unpaired) electrons. The van der Waals surface area contributed by atoms with Gasteiger partial charge in [-0.25, -0.2) is 9.97 Å². The van der Waals surface area contributed by atoms with Gasteiger partial charge >= 0.3 is 0 Å². The SMILES string of the molecule is Cc1nc(N)nc(C)c1CC(=O)N1C[C@H]2CC[C@@H]1CN(C1CCOCC1)C2. The van der Waals surface area contributed by atoms with Crippen LogP contribution in [0.3, 0.4) is 0 Å². The predicted molar refractivity (Wildman–Crippen MR) is 103 cm³/mol. The van der Waals surface area contributed by atoms with Crippen molar-refractivity contribution in [2.75, 3.05) is 38.6 Å². The number of nitrogens with two attached hydrogens (primary N) is 1. The molecule has 1 aromatic heterocycles. The number of carbonyl (C=O) groups is 1. The summed E-state index contributed by atoms with van der Waals surface area (Å²) in [6.07, 6.45) is 4.96. The third-order valence-corrected chi connectivity index (χ3v) is 6.54. The summed E-state index contributed by atoms with van der Waals surface area (Å²) in [6, 6.07) is 0.946. The monoisotopic (exact) mass is 373 g/mol. The van der Waals surface area contributed by atoms with E-state index in [1.54, 1.807) is 0 Å². The second-order valence-corrected chi connectivity index (χ2v) is 8.35. The third-order valence-electron chi connectivity index (χ3n) is 6.54. The number of aromatic nitrogens is 2. The number of hydrogen-bond donors (Lipinski definition) is 1. The van der Waals surface area contributed by atoms with Crippen molar-refractivity contribution in [1.29, 1.82) is 0 Å². The first-order valence-electron chi connectivity index (χ1n) is 10.2. The minimum absolute atomic E-state index is 0.207. The number of fused-ring (bicyclic) bond motifs is 4. The van der Waals surface area contributed by atoms with Crippen LogP contribution in [-0.4, -0.2) is 70.6 Å². The molecule has 5 heterocycles. The molecule has 0 saturated carbocycles. The highest BCUT2D eigenvalue weighted by atomic mass is 16.5. The van der Waals surface area contributed by atoms with E-state index in [4.69, 9.17) is 10.5 Å². The van der Waals surface area contributed by atoms with Gasteiger partial charge < -0.3 is 15.4 Å². The van der Waals surface area contributed by atoms with Gasteiger partial charge in [-0.2, -0.15) is 0 Å². The highest BCUT2D eigenvalue weighted by molar-refractivity contribution is 5.80. The predicted octanol–water partition coefficient (Wildman–Crippen LogP) is 1.32. The van der Waals surface area contributed by atoms with Gasteiger partial charge in [0.05, 0.1) is 6.42 Å². The Kier molecular flexibility index (Phi) is 5.32. The standard InChI is InChI=1S/C20H31N5O2/c1-13-18(14(2)23-20(21)22-13)9-19(26)25-11-15-3-4-17(25)12-24(10-15)16-5-7-27-8-6-16/h15-17H,3-12H2,1-2H3,(H2,21,22,23)/t15-,17+/m0/s1. The average molecular weight is 374 g/mol. The van der Waals surface area contributed by atoms with Crippen LogP contribution in [-0.2, 0) is 16.0 Å². The molecule has 2 atom stereocenters. The van der Waals surface area contributed by atoms with E-state index >= 15 is 0 Å². The first-order chi connectivity index (χ1) is 13.0. The Morgan fingerprint density at radius 2 is 1.74 bits per heavy atom. The molecule has 0 aromatic carbocycles. The van der Waals surface area contributed by atoms with Crippen LogP contribution in [0.4, 0.5) is 5.95 Å². The van der Waals surface area contributed by atoms with Gasteiger partial charge in [0, 0.05) is 61.9 Å². The molecule has 5 rings (SSSR count). The summed E-state index contributed by atoms with van der Waals surface area (Å²) in [7, 11) is 0. The lowest BCUT2D eigenvalue weighted by Gasteiger charge is -2.37. The molecular weight excluding hydrogens is 342 g/mol. The summed E-state index contributed by atoms with van der Waals surface area (Å²) in [4.78, 5) is 26.5. The zero-order chi connectivity index (χ0) is 19.0. The summed E-state index contributed by atoms with van der Waals surface area (Å²) in [6.45, 7) is 8.57. The lowest BCUT2D eigenvalue weighted by Crippen LogP contribution is -2.49. The largest absolute Gasteiger partial charge is 0.381 e. The van der Waals surface area contributed by atoms with E-state index in [2.05, 4.69) is 19.8 Å². The molecule has 0 unspecified atom stereocenters. The molecule has 4 aliphatic heterocycles. The normalized spacial score (nSPS) is 27.0. The van der Waals surface area contributed by atoms with Crippen LogP contribution in [0.25, 0.3) is 0 Å². The fourth-order valence-corrected chi connectivity index (χ4v) is 5.05. The molecule has 27 heavy (non-hydrogen) atoms. The molecule has 2 bridgehead atoms. The number of anilines is 1. The van der Waals surface area contributed by atoms with Gasteiger partial charge in [0.2, 0.25) is 11.9 Å². The van der Waals surface area contributed by atoms with Crippen molar-refractivity contribution in [3.8, 4) is 0 Å². The number of piperidine rings is 1. The molecule has 1 amide bonds. The highest BCUT2D eigenvalue weighted by Gasteiger charge is 2.39. The first-order valence-corrected chi connectivity index (χ1v) is 10.2. The molecule has 7 nitrogen and oxygen atoms in total. The molecule has 148 valence electrons. The Hall–Kier alpha value is -1.73. The maximum absolute atomic E-state index is 13.2. The number of amides is 1. The number of rotatable bonds is 3. The van der Waals surface area contributed by atoms with E-state index in [9.17, 15) is 4.79 Å². The van der Waals surface area contributed by atoms with Crippen molar-refractivity contribution in [2.45, 2.75) is 58.0 Å². The van der Waals surface area contributed by atoms with Crippen LogP contribution in [0.1, 0.15) is 42.6 Å². The van der Waals surface area contributed by atoms with Crippen molar-refractivity contribution in [3.63, 3.8) is 0 Å². The molecule has 2 N–H and O–H groups in total. The van der Waals surface area contributed by atoms with Crippen molar-refractivity contribution in [1.82, 2.24) is 19.8 Å². The van der Waals surface area contributed by atoms with E-state index in [0.29, 0.717) is 24.4 Å². The number of nitrogen functional groups attached to an aromatic ring is 1. The zero-order valence-electron chi connectivity index (χ0n) is 16.5. The van der Waals surface area contributed by atoms with Crippen LogP contribution in [0, 0.1) is 19.8 Å². The number of nitrogens with zero attached hydrogens (tertiary/aromatic N) is 4. The van der Waals surface area contributed by atoms with Crippen molar-refractivity contribution >= 4 is 11.9 Å². The molecule has 7 heteroatoms. The Balaban J connectivity index is 1.47. The molecule has 4 saturated heterocycles. The molecule has 4 aliphatic rings. The summed E-state index contributed by atoms with van der Waals surface area (Å²) in [5.74, 6) is 1.07. The Morgan fingerprint density at radius 3 is 2.44 bits per heavy atom. The van der Waals surface area contributed by atoms with Gasteiger partial charge in [0.15, 0.2) is 0 Å². The summed E-state index contributed by atoms with van der Waals surface area (Å²) < 4.78 is 5.54. The van der Waals surface area contributed by atoms with Gasteiger partial charge in [0.25, 0.3) is 0 Å². The fourth-order valence-electron chi connectivity index (χ4n) is 5.05. The van der Waals surface area contributed by atoms with Gasteiger partial charge in [-0.05, 0) is 45.4 Å². The Morgan fingerprint density at radius 1 is 1.04 bits per heavy atom. The highest BCUT2D eigenvalue weighted by Crippen LogP contribution is 2.31. The van der Waals surface area contributed by atoms with Crippen LogP contribution >= 0.6 is 0 Å². The van der Waals surface area contributed by atoms with E-state index in [1.807, 2.05) is 13.8 Å². The molecular formula is C20H31N5O2. The number of carbonyl (C=O) groups excluding carboxylic acids is 1. The summed E-state index contributed by atoms with van der Waals surface area (Å²) in [5, 5.41) is 0. The van der Waals surface area contributed by atoms with E-state index < -0.39 is 0 Å². The van der Waals surface area contributed by atoms with Gasteiger partial charge in [-0.3, -0.25) is 9.69 Å². The van der Waals surface area contributed by atoms with Gasteiger partial charge in [0.1, 0.15) is 0 Å². The minimum Gasteiger partial charge on any atom is -0.381 e. The summed E-state index contributed by atoms with van der Waals surface area (Å²) >= 11 is 0. The average Bonchev–Trinajstić information content (AvgIpc) is 2.97. The molecule has 0 spiro atoms. The van der Waals surface area contributed by atoms with Crippen molar-refractivity contribution in [3.05, 3.63) is 17.0 Å². The van der Waals surface area contributed by atoms with Crippen LogP contribution in [0.15, 0.2) is 0 Å². The van der Waals surface area contributed by atoms with Crippen LogP contribution < -0.4 is 5.73 Å². The van der Waals surface area contributed by atoms with Crippen molar-refractivity contribution in [2.24, 2.45) is 5.92 Å². The number of hydrogen-bond acceptors (Lipinski definition) is 6. The lowest BCUT2D eigenvalue weighted by atomic mass is 9.94. The molecule has 0 aliphatic carbocycles. The third kappa shape index (κ3) is 3.94. The summed E-state index contributed by atoms with van der Waals surface area (Å²) in [5.41, 5.74) is 8.29. The maximum atomic E-state index is 13.2. The lowest BCUT2D eigenvalue weighted by molar-refractivity contribution is -0.134. The topological polar surface area (TPSA) is 84.6 Å². The Labute approximate surface area is 161 Å². The number of aryl methyl sites for hydroxylation is 2. The van der Waals surface area contributed by atoms with E-state index in [0.717, 1.165) is 69.1 Å². The maximum Gasteiger partial charge on any atom is 0.227 e. The van der Waals surface area contributed by atoms with Crippen LogP contribution in [0.5, 0.6) is 0 Å². The number of ether oxygens (including phenoxy) is 1. The minimum atomic E-state index is 0.207. The molecule has 4 fully saturated rings. The Bertz CT molecular complexity index is 681. The molecule has 1 aromatic rings. The van der Waals surface area contributed by atoms with Crippen LogP contribution in [0.2, 0.25) is 0 Å². The smallest absolute Gasteiger partial charge is 0.227 e.